The minimum Gasteiger partial charge on any atom is -0.481 e. The monoisotopic (exact) mass is 317 g/mol. The van der Waals surface area contributed by atoms with Crippen molar-refractivity contribution in [3.05, 3.63) is 40.1 Å². The lowest BCUT2D eigenvalue weighted by atomic mass is 10.2. The molecule has 0 aliphatic heterocycles. The van der Waals surface area contributed by atoms with Crippen molar-refractivity contribution in [3.8, 4) is 5.69 Å². The standard InChI is InChI=1S/C10H6BrF2N3O2/c11-6-2-8(13)9(3-7(6)12)16-5(1-10(17)18)4-14-15-16/h2-4H,1H2,(H,17,18). The number of nitrogens with zero attached hydrogens (tertiary/aromatic N) is 3. The topological polar surface area (TPSA) is 68.0 Å². The summed E-state index contributed by atoms with van der Waals surface area (Å²) in [4.78, 5) is 10.6. The van der Waals surface area contributed by atoms with Crippen LogP contribution >= 0.6 is 15.9 Å². The zero-order chi connectivity index (χ0) is 13.3. The summed E-state index contributed by atoms with van der Waals surface area (Å²) in [5.74, 6) is -2.53. The van der Waals surface area contributed by atoms with Gasteiger partial charge in [0.1, 0.15) is 17.3 Å². The second-order valence-corrected chi connectivity index (χ2v) is 4.28. The van der Waals surface area contributed by atoms with Gasteiger partial charge >= 0.3 is 5.97 Å². The maximum atomic E-state index is 13.7. The van der Waals surface area contributed by atoms with Crippen LogP contribution in [0.5, 0.6) is 0 Å². The summed E-state index contributed by atoms with van der Waals surface area (Å²) in [7, 11) is 0. The Hall–Kier alpha value is -1.83. The highest BCUT2D eigenvalue weighted by Gasteiger charge is 2.15. The number of rotatable bonds is 3. The highest BCUT2D eigenvalue weighted by Crippen LogP contribution is 2.22. The predicted molar refractivity (Wildman–Crippen MR) is 60.3 cm³/mol. The molecule has 94 valence electrons. The van der Waals surface area contributed by atoms with E-state index >= 15 is 0 Å². The third-order valence-corrected chi connectivity index (χ3v) is 2.78. The number of halogens is 3. The molecule has 0 radical (unpaired) electrons. The summed E-state index contributed by atoms with van der Waals surface area (Å²) < 4.78 is 28.0. The zero-order valence-corrected chi connectivity index (χ0v) is 10.4. The quantitative estimate of drug-likeness (QED) is 0.878. The van der Waals surface area contributed by atoms with Crippen LogP contribution in [0.4, 0.5) is 8.78 Å². The Labute approximate surface area is 108 Å². The van der Waals surface area contributed by atoms with Gasteiger partial charge in [-0.1, -0.05) is 5.21 Å². The number of hydrogen-bond acceptors (Lipinski definition) is 3. The Kier molecular flexibility index (Phi) is 3.37. The molecular weight excluding hydrogens is 312 g/mol. The summed E-state index contributed by atoms with van der Waals surface area (Å²) in [5.41, 5.74) is -0.0347. The average Bonchev–Trinajstić information content (AvgIpc) is 2.70. The fourth-order valence-corrected chi connectivity index (χ4v) is 1.72. The number of carbonyl (C=O) groups is 1. The Bertz CT molecular complexity index is 615. The summed E-state index contributed by atoms with van der Waals surface area (Å²) in [6.45, 7) is 0. The Morgan fingerprint density at radius 2 is 2.11 bits per heavy atom. The van der Waals surface area contributed by atoms with E-state index in [0.717, 1.165) is 16.8 Å². The molecule has 5 nitrogen and oxygen atoms in total. The van der Waals surface area contributed by atoms with Crippen LogP contribution in [0.25, 0.3) is 5.69 Å². The summed E-state index contributed by atoms with van der Waals surface area (Å²) >= 11 is 2.85. The van der Waals surface area contributed by atoms with Crippen LogP contribution in [0.2, 0.25) is 0 Å². The van der Waals surface area contributed by atoms with E-state index in [1.54, 1.807) is 0 Å². The summed E-state index contributed by atoms with van der Waals surface area (Å²) in [6.07, 6.45) is 0.803. The normalized spacial score (nSPS) is 10.6. The van der Waals surface area contributed by atoms with Crippen molar-refractivity contribution in [2.75, 3.05) is 0 Å². The van der Waals surface area contributed by atoms with Gasteiger partial charge in [-0.2, -0.15) is 0 Å². The molecule has 0 saturated heterocycles. The van der Waals surface area contributed by atoms with Gasteiger partial charge in [0.05, 0.1) is 22.8 Å². The molecule has 2 rings (SSSR count). The lowest BCUT2D eigenvalue weighted by Crippen LogP contribution is -2.09. The van der Waals surface area contributed by atoms with Crippen LogP contribution in [0, 0.1) is 11.6 Å². The number of hydrogen-bond donors (Lipinski definition) is 1. The molecule has 0 atom stereocenters. The van der Waals surface area contributed by atoms with E-state index in [2.05, 4.69) is 26.2 Å². The van der Waals surface area contributed by atoms with Crippen molar-refractivity contribution in [1.29, 1.82) is 0 Å². The number of aromatic nitrogens is 3. The SMILES string of the molecule is O=C(O)Cc1cnnn1-c1cc(F)c(Br)cc1F. The van der Waals surface area contributed by atoms with Crippen LogP contribution in [-0.2, 0) is 11.2 Å². The second kappa shape index (κ2) is 4.81. The molecule has 0 aliphatic carbocycles. The van der Waals surface area contributed by atoms with Crippen LogP contribution in [0.1, 0.15) is 5.69 Å². The van der Waals surface area contributed by atoms with E-state index in [0.29, 0.717) is 0 Å². The fraction of sp³-hybridized carbons (Fsp3) is 0.100. The summed E-state index contributed by atoms with van der Waals surface area (Å²) in [6, 6.07) is 1.86. The molecule has 1 heterocycles. The Balaban J connectivity index is 2.52. The highest BCUT2D eigenvalue weighted by atomic mass is 79.9. The minimum absolute atomic E-state index is 0.0244. The number of aliphatic carboxylic acids is 1. The van der Waals surface area contributed by atoms with Crippen molar-refractivity contribution >= 4 is 21.9 Å². The second-order valence-electron chi connectivity index (χ2n) is 3.43. The smallest absolute Gasteiger partial charge is 0.309 e. The van der Waals surface area contributed by atoms with Crippen molar-refractivity contribution < 1.29 is 18.7 Å². The van der Waals surface area contributed by atoms with E-state index in [-0.39, 0.29) is 22.3 Å². The van der Waals surface area contributed by atoms with Crippen LogP contribution in [0.15, 0.2) is 22.8 Å². The highest BCUT2D eigenvalue weighted by molar-refractivity contribution is 9.10. The fourth-order valence-electron chi connectivity index (χ4n) is 1.41. The van der Waals surface area contributed by atoms with E-state index in [1.165, 1.54) is 6.20 Å². The molecule has 8 heteroatoms. The number of benzene rings is 1. The third-order valence-electron chi connectivity index (χ3n) is 2.17. The molecule has 1 aromatic carbocycles. The molecule has 2 aromatic rings. The lowest BCUT2D eigenvalue weighted by molar-refractivity contribution is -0.136. The molecule has 0 fully saturated rings. The van der Waals surface area contributed by atoms with Gasteiger partial charge in [0.15, 0.2) is 0 Å². The molecule has 0 saturated carbocycles. The molecule has 0 aliphatic rings. The maximum absolute atomic E-state index is 13.7. The van der Waals surface area contributed by atoms with Gasteiger partial charge in [0.2, 0.25) is 0 Å². The molecular formula is C10H6BrF2N3O2. The lowest BCUT2D eigenvalue weighted by Gasteiger charge is -2.07. The predicted octanol–water partition coefficient (Wildman–Crippen LogP) is 1.94. The van der Waals surface area contributed by atoms with Gasteiger partial charge < -0.3 is 5.11 Å². The van der Waals surface area contributed by atoms with Crippen molar-refractivity contribution in [2.45, 2.75) is 6.42 Å². The molecule has 18 heavy (non-hydrogen) atoms. The van der Waals surface area contributed by atoms with Gasteiger partial charge in [-0.05, 0) is 22.0 Å². The van der Waals surface area contributed by atoms with Gasteiger partial charge in [-0.15, -0.1) is 5.10 Å². The van der Waals surface area contributed by atoms with E-state index in [1.807, 2.05) is 0 Å². The average molecular weight is 318 g/mol. The first kappa shape index (κ1) is 12.6. The first-order valence-electron chi connectivity index (χ1n) is 4.75. The van der Waals surface area contributed by atoms with Crippen LogP contribution < -0.4 is 0 Å². The molecule has 0 bridgehead atoms. The molecule has 1 N–H and O–H groups in total. The van der Waals surface area contributed by atoms with Gasteiger partial charge in [0.25, 0.3) is 0 Å². The summed E-state index contributed by atoms with van der Waals surface area (Å²) in [5, 5.41) is 15.7. The van der Waals surface area contributed by atoms with Crippen molar-refractivity contribution in [1.82, 2.24) is 15.0 Å². The zero-order valence-electron chi connectivity index (χ0n) is 8.77. The number of carboxylic acid groups (broad SMARTS) is 1. The Morgan fingerprint density at radius 1 is 1.39 bits per heavy atom. The third kappa shape index (κ3) is 2.37. The first-order chi connectivity index (χ1) is 8.49. The maximum Gasteiger partial charge on any atom is 0.309 e. The van der Waals surface area contributed by atoms with E-state index in [4.69, 9.17) is 5.11 Å². The molecule has 0 spiro atoms. The van der Waals surface area contributed by atoms with Gasteiger partial charge in [-0.3, -0.25) is 4.79 Å². The first-order valence-corrected chi connectivity index (χ1v) is 5.54. The van der Waals surface area contributed by atoms with Crippen molar-refractivity contribution in [2.24, 2.45) is 0 Å². The molecule has 0 unspecified atom stereocenters. The van der Waals surface area contributed by atoms with Crippen molar-refractivity contribution in [3.63, 3.8) is 0 Å². The van der Waals surface area contributed by atoms with Gasteiger partial charge in [-0.25, -0.2) is 13.5 Å². The molecule has 0 amide bonds. The largest absolute Gasteiger partial charge is 0.481 e. The van der Waals surface area contributed by atoms with Crippen LogP contribution in [0.3, 0.4) is 0 Å². The van der Waals surface area contributed by atoms with E-state index < -0.39 is 17.6 Å². The Morgan fingerprint density at radius 3 is 2.78 bits per heavy atom. The van der Waals surface area contributed by atoms with E-state index in [9.17, 15) is 13.6 Å². The minimum atomic E-state index is -1.11. The molecule has 1 aromatic heterocycles. The van der Waals surface area contributed by atoms with Crippen LogP contribution in [-0.4, -0.2) is 26.1 Å². The van der Waals surface area contributed by atoms with Gasteiger partial charge in [0, 0.05) is 6.07 Å². The number of carboxylic acids is 1.